The number of amides is 1. The molecule has 1 aliphatic rings. The first-order valence-electron chi connectivity index (χ1n) is 8.13. The summed E-state index contributed by atoms with van der Waals surface area (Å²) in [5.41, 5.74) is 0.832. The molecule has 1 aliphatic heterocycles. The molecule has 1 amide bonds. The number of carbonyl (C=O) groups is 1. The Bertz CT molecular complexity index is 742. The minimum Gasteiger partial charge on any atom is -0.338 e. The van der Waals surface area contributed by atoms with Crippen molar-refractivity contribution in [3.05, 3.63) is 46.2 Å². The summed E-state index contributed by atoms with van der Waals surface area (Å²) in [5.74, 6) is 0.252. The van der Waals surface area contributed by atoms with Gasteiger partial charge in [0.05, 0.1) is 0 Å². The molecule has 1 fully saturated rings. The Kier molecular flexibility index (Phi) is 5.73. The molecule has 0 aliphatic carbocycles. The minimum atomic E-state index is -0.325. The molecular formula is C17H19Cl2N5O. The van der Waals surface area contributed by atoms with E-state index in [0.29, 0.717) is 27.4 Å². The normalized spacial score (nSPS) is 15.2. The first kappa shape index (κ1) is 17.9. The van der Waals surface area contributed by atoms with Crippen LogP contribution in [-0.2, 0) is 0 Å². The van der Waals surface area contributed by atoms with E-state index in [-0.39, 0.29) is 5.91 Å². The van der Waals surface area contributed by atoms with Gasteiger partial charge in [0.15, 0.2) is 0 Å². The van der Waals surface area contributed by atoms with Gasteiger partial charge in [0.25, 0.3) is 5.91 Å². The topological polar surface area (TPSA) is 61.4 Å². The van der Waals surface area contributed by atoms with Crippen molar-refractivity contribution in [3.8, 4) is 0 Å². The predicted molar refractivity (Wildman–Crippen MR) is 101 cm³/mol. The quantitative estimate of drug-likeness (QED) is 0.883. The summed E-state index contributed by atoms with van der Waals surface area (Å²) >= 11 is 11.9. The van der Waals surface area contributed by atoms with E-state index >= 15 is 0 Å². The third-order valence-corrected chi connectivity index (χ3v) is 4.53. The van der Waals surface area contributed by atoms with Gasteiger partial charge in [-0.2, -0.15) is 0 Å². The molecular weight excluding hydrogens is 361 g/mol. The van der Waals surface area contributed by atoms with E-state index in [0.717, 1.165) is 32.7 Å². The Morgan fingerprint density at radius 2 is 1.84 bits per heavy atom. The molecule has 1 N–H and O–H groups in total. The SMILES string of the molecule is CCN1CCN(c2nccc(C(=O)Nc3cc(Cl)cc(Cl)c3)n2)CC1. The lowest BCUT2D eigenvalue weighted by Crippen LogP contribution is -2.46. The lowest BCUT2D eigenvalue weighted by molar-refractivity contribution is 0.102. The van der Waals surface area contributed by atoms with Crippen molar-refractivity contribution in [2.75, 3.05) is 42.9 Å². The van der Waals surface area contributed by atoms with Crippen molar-refractivity contribution >= 4 is 40.7 Å². The maximum atomic E-state index is 12.5. The number of likely N-dealkylation sites (N-methyl/N-ethyl adjacent to an activating group) is 1. The second kappa shape index (κ2) is 7.99. The number of carbonyl (C=O) groups excluding carboxylic acids is 1. The number of nitrogens with one attached hydrogen (secondary N) is 1. The number of hydrogen-bond donors (Lipinski definition) is 1. The van der Waals surface area contributed by atoms with E-state index < -0.39 is 0 Å². The maximum Gasteiger partial charge on any atom is 0.274 e. The lowest BCUT2D eigenvalue weighted by atomic mass is 10.3. The first-order valence-corrected chi connectivity index (χ1v) is 8.88. The summed E-state index contributed by atoms with van der Waals surface area (Å²) in [5, 5.41) is 3.68. The average molecular weight is 380 g/mol. The Morgan fingerprint density at radius 1 is 1.16 bits per heavy atom. The van der Waals surface area contributed by atoms with Gasteiger partial charge in [-0.3, -0.25) is 4.79 Å². The average Bonchev–Trinajstić information content (AvgIpc) is 2.61. The molecule has 6 nitrogen and oxygen atoms in total. The fourth-order valence-corrected chi connectivity index (χ4v) is 3.24. The second-order valence-corrected chi connectivity index (χ2v) is 6.65. The number of halogens is 2. The summed E-state index contributed by atoms with van der Waals surface area (Å²) in [6.45, 7) is 6.83. The Labute approximate surface area is 156 Å². The van der Waals surface area contributed by atoms with Crippen LogP contribution in [0.25, 0.3) is 0 Å². The van der Waals surface area contributed by atoms with Gasteiger partial charge in [-0.1, -0.05) is 30.1 Å². The molecule has 8 heteroatoms. The van der Waals surface area contributed by atoms with Crippen LogP contribution < -0.4 is 10.2 Å². The van der Waals surface area contributed by atoms with Crippen LogP contribution in [0.1, 0.15) is 17.4 Å². The summed E-state index contributed by atoms with van der Waals surface area (Å²) in [7, 11) is 0. The van der Waals surface area contributed by atoms with Gasteiger partial charge in [0, 0.05) is 48.1 Å². The van der Waals surface area contributed by atoms with E-state index in [1.54, 1.807) is 30.5 Å². The second-order valence-electron chi connectivity index (χ2n) is 5.78. The van der Waals surface area contributed by atoms with Crippen LogP contribution in [0, 0.1) is 0 Å². The molecule has 0 saturated carbocycles. The van der Waals surface area contributed by atoms with E-state index in [4.69, 9.17) is 23.2 Å². The van der Waals surface area contributed by atoms with Gasteiger partial charge >= 0.3 is 0 Å². The van der Waals surface area contributed by atoms with Crippen LogP contribution in [0.5, 0.6) is 0 Å². The summed E-state index contributed by atoms with van der Waals surface area (Å²) in [4.78, 5) is 25.6. The van der Waals surface area contributed by atoms with E-state index in [1.807, 2.05) is 0 Å². The third kappa shape index (κ3) is 4.60. The van der Waals surface area contributed by atoms with Gasteiger partial charge in [0.1, 0.15) is 5.69 Å². The molecule has 3 rings (SSSR count). The van der Waals surface area contributed by atoms with Crippen LogP contribution in [0.3, 0.4) is 0 Å². The molecule has 0 spiro atoms. The highest BCUT2D eigenvalue weighted by molar-refractivity contribution is 6.35. The highest BCUT2D eigenvalue weighted by Gasteiger charge is 2.19. The highest BCUT2D eigenvalue weighted by atomic mass is 35.5. The number of nitrogens with zero attached hydrogens (tertiary/aromatic N) is 4. The van der Waals surface area contributed by atoms with Crippen molar-refractivity contribution in [2.24, 2.45) is 0 Å². The summed E-state index contributed by atoms with van der Waals surface area (Å²) in [6, 6.07) is 6.47. The largest absolute Gasteiger partial charge is 0.338 e. The van der Waals surface area contributed by atoms with Gasteiger partial charge in [-0.05, 0) is 30.8 Å². The number of hydrogen-bond acceptors (Lipinski definition) is 5. The smallest absolute Gasteiger partial charge is 0.274 e. The van der Waals surface area contributed by atoms with Crippen molar-refractivity contribution in [1.82, 2.24) is 14.9 Å². The Hall–Kier alpha value is -1.89. The molecule has 2 heterocycles. The van der Waals surface area contributed by atoms with Gasteiger partial charge in [-0.15, -0.1) is 0 Å². The number of aromatic nitrogens is 2. The number of anilines is 2. The monoisotopic (exact) mass is 379 g/mol. The maximum absolute atomic E-state index is 12.5. The zero-order valence-electron chi connectivity index (χ0n) is 13.9. The number of rotatable bonds is 4. The molecule has 1 saturated heterocycles. The van der Waals surface area contributed by atoms with Crippen LogP contribution in [0.15, 0.2) is 30.5 Å². The fourth-order valence-electron chi connectivity index (χ4n) is 2.71. The molecule has 0 bridgehead atoms. The highest BCUT2D eigenvalue weighted by Crippen LogP contribution is 2.23. The molecule has 1 aromatic heterocycles. The lowest BCUT2D eigenvalue weighted by Gasteiger charge is -2.34. The van der Waals surface area contributed by atoms with Gasteiger partial charge in [-0.25, -0.2) is 9.97 Å². The van der Waals surface area contributed by atoms with Crippen LogP contribution >= 0.6 is 23.2 Å². The van der Waals surface area contributed by atoms with Crippen LogP contribution in [0.4, 0.5) is 11.6 Å². The van der Waals surface area contributed by atoms with Crippen molar-refractivity contribution in [1.29, 1.82) is 0 Å². The van der Waals surface area contributed by atoms with Crippen molar-refractivity contribution < 1.29 is 4.79 Å². The Morgan fingerprint density at radius 3 is 2.48 bits per heavy atom. The summed E-state index contributed by atoms with van der Waals surface area (Å²) < 4.78 is 0. The van der Waals surface area contributed by atoms with E-state index in [2.05, 4.69) is 32.0 Å². The standard InChI is InChI=1S/C17H19Cl2N5O/c1-2-23-5-7-24(8-6-23)17-20-4-3-15(22-17)16(25)21-14-10-12(18)9-13(19)11-14/h3-4,9-11H,2,5-8H2,1H3,(H,21,25). The number of benzene rings is 1. The van der Waals surface area contributed by atoms with Crippen LogP contribution in [-0.4, -0.2) is 53.5 Å². The van der Waals surface area contributed by atoms with Gasteiger partial charge < -0.3 is 15.1 Å². The third-order valence-electron chi connectivity index (χ3n) is 4.10. The van der Waals surface area contributed by atoms with E-state index in [1.165, 1.54) is 0 Å². The molecule has 0 atom stereocenters. The molecule has 0 unspecified atom stereocenters. The first-order chi connectivity index (χ1) is 12.0. The summed E-state index contributed by atoms with van der Waals surface area (Å²) in [6.07, 6.45) is 1.61. The minimum absolute atomic E-state index is 0.305. The molecule has 2 aromatic rings. The zero-order valence-corrected chi connectivity index (χ0v) is 15.4. The van der Waals surface area contributed by atoms with E-state index in [9.17, 15) is 4.79 Å². The zero-order chi connectivity index (χ0) is 17.8. The molecule has 132 valence electrons. The number of piperazine rings is 1. The Balaban J connectivity index is 1.71. The molecule has 25 heavy (non-hydrogen) atoms. The van der Waals surface area contributed by atoms with Crippen molar-refractivity contribution in [3.63, 3.8) is 0 Å². The predicted octanol–water partition coefficient (Wildman–Crippen LogP) is 3.18. The van der Waals surface area contributed by atoms with Crippen molar-refractivity contribution in [2.45, 2.75) is 6.92 Å². The fraction of sp³-hybridized carbons (Fsp3) is 0.353. The molecule has 0 radical (unpaired) electrons. The molecule has 1 aromatic carbocycles. The van der Waals surface area contributed by atoms with Gasteiger partial charge in [0.2, 0.25) is 5.95 Å². The van der Waals surface area contributed by atoms with Crippen LogP contribution in [0.2, 0.25) is 10.0 Å².